The van der Waals surface area contributed by atoms with Crippen molar-refractivity contribution in [3.8, 4) is 5.69 Å². The number of aryl methyl sites for hydroxylation is 3. The molecule has 0 aliphatic heterocycles. The first kappa shape index (κ1) is 14.6. The Balaban J connectivity index is 2.02. The third-order valence-electron chi connectivity index (χ3n) is 4.76. The lowest BCUT2D eigenvalue weighted by atomic mass is 9.89. The van der Waals surface area contributed by atoms with E-state index in [0.29, 0.717) is 5.92 Å². The van der Waals surface area contributed by atoms with Gasteiger partial charge in [0.1, 0.15) is 10.7 Å². The molecule has 118 valence electrons. The van der Waals surface area contributed by atoms with E-state index in [4.69, 9.17) is 4.98 Å². The van der Waals surface area contributed by atoms with Crippen molar-refractivity contribution in [3.05, 3.63) is 56.4 Å². The van der Waals surface area contributed by atoms with Crippen LogP contribution in [0.1, 0.15) is 35.2 Å². The number of hydrogen-bond donors (Lipinski definition) is 0. The molecule has 1 atom stereocenters. The highest BCUT2D eigenvalue weighted by atomic mass is 32.1. The maximum atomic E-state index is 13.2. The zero-order valence-corrected chi connectivity index (χ0v) is 14.5. The van der Waals surface area contributed by atoms with Crippen LogP contribution in [0.4, 0.5) is 0 Å². The molecule has 0 N–H and O–H groups in total. The molecular formula is C19H20N2OS. The highest BCUT2D eigenvalue weighted by Crippen LogP contribution is 2.36. The van der Waals surface area contributed by atoms with Crippen LogP contribution in [0, 0.1) is 19.8 Å². The van der Waals surface area contributed by atoms with Gasteiger partial charge in [-0.1, -0.05) is 19.1 Å². The molecule has 4 heteroatoms. The Bertz CT molecular complexity index is 967. The van der Waals surface area contributed by atoms with Gasteiger partial charge in [-0.05, 0) is 62.3 Å². The Morgan fingerprint density at radius 2 is 2.13 bits per heavy atom. The van der Waals surface area contributed by atoms with Crippen LogP contribution < -0.4 is 5.56 Å². The van der Waals surface area contributed by atoms with Crippen LogP contribution in [-0.2, 0) is 12.8 Å². The minimum absolute atomic E-state index is 0.0881. The van der Waals surface area contributed by atoms with Gasteiger partial charge in [0.15, 0.2) is 0 Å². The van der Waals surface area contributed by atoms with Crippen LogP contribution in [0.2, 0.25) is 0 Å². The average molecular weight is 324 g/mol. The summed E-state index contributed by atoms with van der Waals surface area (Å²) in [6, 6.07) is 8.06. The molecule has 4 rings (SSSR count). The lowest BCUT2D eigenvalue weighted by Gasteiger charge is -2.17. The third-order valence-corrected chi connectivity index (χ3v) is 5.91. The van der Waals surface area contributed by atoms with Gasteiger partial charge in [0.2, 0.25) is 0 Å². The van der Waals surface area contributed by atoms with Gasteiger partial charge in [-0.2, -0.15) is 0 Å². The van der Waals surface area contributed by atoms with E-state index < -0.39 is 0 Å². The average Bonchev–Trinajstić information content (AvgIpc) is 2.84. The Morgan fingerprint density at radius 3 is 2.91 bits per heavy atom. The van der Waals surface area contributed by atoms with E-state index in [9.17, 15) is 4.79 Å². The van der Waals surface area contributed by atoms with Gasteiger partial charge in [-0.25, -0.2) is 4.98 Å². The number of aromatic nitrogens is 2. The summed E-state index contributed by atoms with van der Waals surface area (Å²) in [6.45, 7) is 6.26. The van der Waals surface area contributed by atoms with Crippen molar-refractivity contribution in [2.45, 2.75) is 40.0 Å². The summed E-state index contributed by atoms with van der Waals surface area (Å²) in [5, 5.41) is 0.851. The van der Waals surface area contributed by atoms with Crippen molar-refractivity contribution in [2.24, 2.45) is 5.92 Å². The molecule has 2 heterocycles. The molecule has 0 unspecified atom stereocenters. The van der Waals surface area contributed by atoms with Crippen LogP contribution >= 0.6 is 11.3 Å². The molecule has 0 spiro atoms. The number of fused-ring (bicyclic) bond motifs is 3. The number of rotatable bonds is 1. The third kappa shape index (κ3) is 2.32. The second-order valence-corrected chi connectivity index (χ2v) is 7.75. The molecule has 2 aromatic heterocycles. The van der Waals surface area contributed by atoms with Gasteiger partial charge in [0.05, 0.1) is 11.1 Å². The van der Waals surface area contributed by atoms with Gasteiger partial charge in [-0.15, -0.1) is 11.3 Å². The summed E-state index contributed by atoms with van der Waals surface area (Å²) in [7, 11) is 0. The fourth-order valence-corrected chi connectivity index (χ4v) is 4.98. The second-order valence-electron chi connectivity index (χ2n) is 6.67. The standard InChI is InChI=1S/C19H20N2OS/c1-11-5-4-6-14(9-11)21-13(3)20-18-17(19(21)22)15-8-7-12(2)10-16(15)23-18/h4-6,9,12H,7-8,10H2,1-3H3/t12-/m0/s1. The van der Waals surface area contributed by atoms with E-state index >= 15 is 0 Å². The second kappa shape index (κ2) is 5.31. The fraction of sp³-hybridized carbons (Fsp3) is 0.368. The minimum Gasteiger partial charge on any atom is -0.268 e. The summed E-state index contributed by atoms with van der Waals surface area (Å²) in [5.41, 5.74) is 3.40. The van der Waals surface area contributed by atoms with E-state index in [-0.39, 0.29) is 5.56 Å². The quantitative estimate of drug-likeness (QED) is 0.673. The van der Waals surface area contributed by atoms with Gasteiger partial charge in [0, 0.05) is 4.88 Å². The van der Waals surface area contributed by atoms with Crippen molar-refractivity contribution in [1.82, 2.24) is 9.55 Å². The highest BCUT2D eigenvalue weighted by Gasteiger charge is 2.24. The van der Waals surface area contributed by atoms with Crippen molar-refractivity contribution < 1.29 is 0 Å². The molecule has 0 amide bonds. The molecule has 1 aromatic carbocycles. The predicted octanol–water partition coefficient (Wildman–Crippen LogP) is 4.19. The molecule has 0 bridgehead atoms. The molecule has 3 aromatic rings. The van der Waals surface area contributed by atoms with Crippen molar-refractivity contribution in [2.75, 3.05) is 0 Å². The first-order valence-electron chi connectivity index (χ1n) is 8.15. The SMILES string of the molecule is Cc1cccc(-n2c(C)nc3sc4c(c3c2=O)CC[C@H](C)C4)c1. The minimum atomic E-state index is 0.0881. The lowest BCUT2D eigenvalue weighted by Crippen LogP contribution is -2.23. The summed E-state index contributed by atoms with van der Waals surface area (Å²) in [4.78, 5) is 20.2. The largest absolute Gasteiger partial charge is 0.268 e. The van der Waals surface area contributed by atoms with Gasteiger partial charge in [0.25, 0.3) is 5.56 Å². The predicted molar refractivity (Wildman–Crippen MR) is 95.9 cm³/mol. The number of hydrogen-bond acceptors (Lipinski definition) is 3. The Hall–Kier alpha value is -1.94. The number of nitrogens with zero attached hydrogens (tertiary/aromatic N) is 2. The fourth-order valence-electron chi connectivity index (χ4n) is 3.56. The Labute approximate surface area is 139 Å². The molecule has 3 nitrogen and oxygen atoms in total. The lowest BCUT2D eigenvalue weighted by molar-refractivity contribution is 0.509. The van der Waals surface area contributed by atoms with Crippen LogP contribution in [0.5, 0.6) is 0 Å². The molecule has 0 fully saturated rings. The molecule has 0 saturated carbocycles. The molecule has 0 radical (unpaired) electrons. The maximum absolute atomic E-state index is 13.2. The first-order valence-corrected chi connectivity index (χ1v) is 8.97. The first-order chi connectivity index (χ1) is 11.0. The van der Waals surface area contributed by atoms with Gasteiger partial charge < -0.3 is 0 Å². The Morgan fingerprint density at radius 1 is 1.30 bits per heavy atom. The zero-order valence-electron chi connectivity index (χ0n) is 13.7. The van der Waals surface area contributed by atoms with Crippen LogP contribution in [0.25, 0.3) is 15.9 Å². The Kier molecular flexibility index (Phi) is 3.38. The highest BCUT2D eigenvalue weighted by molar-refractivity contribution is 7.18. The van der Waals surface area contributed by atoms with E-state index in [1.807, 2.05) is 38.1 Å². The summed E-state index contributed by atoms with van der Waals surface area (Å²) in [5.74, 6) is 1.47. The zero-order chi connectivity index (χ0) is 16.1. The maximum Gasteiger partial charge on any atom is 0.267 e. The topological polar surface area (TPSA) is 34.9 Å². The van der Waals surface area contributed by atoms with Crippen molar-refractivity contribution >= 4 is 21.6 Å². The normalized spacial score (nSPS) is 17.4. The summed E-state index contributed by atoms with van der Waals surface area (Å²) >= 11 is 1.71. The van der Waals surface area contributed by atoms with Crippen LogP contribution in [0.3, 0.4) is 0 Å². The smallest absolute Gasteiger partial charge is 0.267 e. The number of benzene rings is 1. The van der Waals surface area contributed by atoms with Gasteiger partial charge in [-0.3, -0.25) is 9.36 Å². The molecular weight excluding hydrogens is 304 g/mol. The number of thiophene rings is 1. The van der Waals surface area contributed by atoms with Crippen LogP contribution in [-0.4, -0.2) is 9.55 Å². The van der Waals surface area contributed by atoms with Gasteiger partial charge >= 0.3 is 0 Å². The molecule has 0 saturated heterocycles. The summed E-state index contributed by atoms with van der Waals surface area (Å²) in [6.07, 6.45) is 3.25. The molecule has 1 aliphatic rings. The van der Waals surface area contributed by atoms with E-state index in [1.165, 1.54) is 10.4 Å². The molecule has 1 aliphatic carbocycles. The van der Waals surface area contributed by atoms with E-state index in [1.54, 1.807) is 15.9 Å². The van der Waals surface area contributed by atoms with E-state index in [0.717, 1.165) is 46.6 Å². The van der Waals surface area contributed by atoms with Crippen LogP contribution in [0.15, 0.2) is 29.1 Å². The monoisotopic (exact) mass is 324 g/mol. The van der Waals surface area contributed by atoms with Crippen molar-refractivity contribution in [3.63, 3.8) is 0 Å². The van der Waals surface area contributed by atoms with Crippen molar-refractivity contribution in [1.29, 1.82) is 0 Å². The molecule has 23 heavy (non-hydrogen) atoms. The van der Waals surface area contributed by atoms with E-state index in [2.05, 4.69) is 6.92 Å². The summed E-state index contributed by atoms with van der Waals surface area (Å²) < 4.78 is 1.76.